The number of hydrogen-bond donors (Lipinski definition) is 1. The second kappa shape index (κ2) is 9.64. The average Bonchev–Trinajstić information content (AvgIpc) is 3.39. The number of aryl methyl sites for hydroxylation is 1. The zero-order valence-electron chi connectivity index (χ0n) is 18.0. The van der Waals surface area contributed by atoms with Crippen molar-refractivity contribution in [1.29, 1.82) is 0 Å². The summed E-state index contributed by atoms with van der Waals surface area (Å²) in [4.78, 5) is 30.5. The summed E-state index contributed by atoms with van der Waals surface area (Å²) in [7, 11) is 0. The molecule has 2 aliphatic heterocycles. The van der Waals surface area contributed by atoms with Crippen LogP contribution in [0.5, 0.6) is 0 Å². The summed E-state index contributed by atoms with van der Waals surface area (Å²) >= 11 is 0. The number of pyridine rings is 1. The predicted octanol–water partition coefficient (Wildman–Crippen LogP) is 4.04. The number of hydrogen-bond acceptors (Lipinski definition) is 4. The van der Waals surface area contributed by atoms with Crippen LogP contribution in [-0.4, -0.2) is 47.0 Å². The molecule has 0 aliphatic carbocycles. The minimum Gasteiger partial charge on any atom is -0.483 e. The van der Waals surface area contributed by atoms with Gasteiger partial charge in [-0.15, -0.1) is 0 Å². The Bertz CT molecular complexity index is 1060. The second-order valence-electron chi connectivity index (χ2n) is 8.26. The van der Waals surface area contributed by atoms with Crippen molar-refractivity contribution in [2.45, 2.75) is 13.0 Å². The van der Waals surface area contributed by atoms with Gasteiger partial charge in [-0.05, 0) is 42.3 Å². The Hall–Kier alpha value is -3.67. The van der Waals surface area contributed by atoms with Crippen LogP contribution in [0, 0.1) is 18.8 Å². The van der Waals surface area contributed by atoms with Gasteiger partial charge >= 0.3 is 0 Å². The number of fused-ring (bicyclic) bond motifs is 1. The van der Waals surface area contributed by atoms with Crippen LogP contribution in [0.25, 0.3) is 0 Å². The van der Waals surface area contributed by atoms with Gasteiger partial charge in [-0.1, -0.05) is 42.5 Å². The Morgan fingerprint density at radius 2 is 1.62 bits per heavy atom. The summed E-state index contributed by atoms with van der Waals surface area (Å²) in [6.45, 7) is 4.66. The van der Waals surface area contributed by atoms with Crippen LogP contribution in [0.2, 0.25) is 0 Å². The number of anilines is 1. The van der Waals surface area contributed by atoms with Crippen LogP contribution in [0.1, 0.15) is 27.5 Å². The minimum atomic E-state index is -0.250. The maximum absolute atomic E-state index is 13.4. The van der Waals surface area contributed by atoms with E-state index in [1.807, 2.05) is 42.7 Å². The van der Waals surface area contributed by atoms with Crippen LogP contribution in [-0.2, 0) is 4.79 Å². The first-order chi connectivity index (χ1) is 15.6. The maximum atomic E-state index is 13.4. The topological polar surface area (TPSA) is 73.7 Å². The summed E-state index contributed by atoms with van der Waals surface area (Å²) in [5.41, 5.74) is 4.53. The lowest BCUT2D eigenvalue weighted by Crippen LogP contribution is -2.36. The molecule has 3 atom stereocenters. The summed E-state index contributed by atoms with van der Waals surface area (Å²) in [6.07, 6.45) is 3.71. The normalized spacial score (nSPS) is 21.5. The molecule has 1 amide bonds. The number of carboxylic acid groups (broad SMARTS) is 1. The van der Waals surface area contributed by atoms with Crippen molar-refractivity contribution in [3.8, 4) is 0 Å². The van der Waals surface area contributed by atoms with Gasteiger partial charge in [0.25, 0.3) is 12.4 Å². The molecule has 1 N–H and O–H groups in total. The summed E-state index contributed by atoms with van der Waals surface area (Å²) in [6, 6.07) is 22.5. The van der Waals surface area contributed by atoms with Crippen molar-refractivity contribution < 1.29 is 14.7 Å². The lowest BCUT2D eigenvalue weighted by atomic mass is 9.87. The first kappa shape index (κ1) is 21.6. The number of nitrogens with zero attached hydrogens (tertiary/aromatic N) is 3. The molecule has 0 saturated carbocycles. The third-order valence-electron chi connectivity index (χ3n) is 6.48. The molecule has 0 spiro atoms. The molecular formula is C26H27N3O3. The Morgan fingerprint density at radius 1 is 0.969 bits per heavy atom. The maximum Gasteiger partial charge on any atom is 0.290 e. The fourth-order valence-corrected chi connectivity index (χ4v) is 5.08. The molecule has 2 saturated heterocycles. The van der Waals surface area contributed by atoms with Crippen molar-refractivity contribution in [2.75, 3.05) is 24.5 Å². The van der Waals surface area contributed by atoms with Gasteiger partial charge in [0.15, 0.2) is 0 Å². The molecule has 1 aromatic heterocycles. The van der Waals surface area contributed by atoms with Gasteiger partial charge < -0.3 is 14.9 Å². The molecule has 6 heteroatoms. The lowest BCUT2D eigenvalue weighted by Gasteiger charge is -2.31. The van der Waals surface area contributed by atoms with Gasteiger partial charge in [0.2, 0.25) is 0 Å². The fourth-order valence-electron chi connectivity index (χ4n) is 5.08. The molecule has 164 valence electrons. The molecule has 2 fully saturated rings. The zero-order chi connectivity index (χ0) is 22.5. The van der Waals surface area contributed by atoms with Crippen LogP contribution in [0.4, 0.5) is 5.69 Å². The molecular weight excluding hydrogens is 402 g/mol. The van der Waals surface area contributed by atoms with E-state index in [-0.39, 0.29) is 18.4 Å². The standard InChI is InChI=1S/C25H25N3O.CH2O2/c1-18-7-5-6-10-22(18)24-23-17-27(21-11-13-26-14-12-21)15-20(23)16-28(24)25(29)19-8-3-2-4-9-19;2-1-3/h2-14,20,23-24H,15-17H2,1H3;1H,(H,2,3)/t20-,23-,24+;/m0./s1. The molecule has 6 nitrogen and oxygen atoms in total. The molecule has 5 rings (SSSR count). The predicted molar refractivity (Wildman–Crippen MR) is 124 cm³/mol. The number of benzene rings is 2. The van der Waals surface area contributed by atoms with Crippen molar-refractivity contribution >= 4 is 18.1 Å². The van der Waals surface area contributed by atoms with E-state index in [9.17, 15) is 4.79 Å². The highest BCUT2D eigenvalue weighted by molar-refractivity contribution is 5.94. The van der Waals surface area contributed by atoms with Crippen LogP contribution < -0.4 is 4.90 Å². The van der Waals surface area contributed by atoms with Crippen molar-refractivity contribution in [1.82, 2.24) is 9.88 Å². The first-order valence-corrected chi connectivity index (χ1v) is 10.8. The molecule has 3 heterocycles. The minimum absolute atomic E-state index is 0.112. The highest BCUT2D eigenvalue weighted by Crippen LogP contribution is 2.47. The summed E-state index contributed by atoms with van der Waals surface area (Å²) in [5.74, 6) is 1.04. The molecule has 0 radical (unpaired) electrons. The molecule has 3 aromatic rings. The van der Waals surface area contributed by atoms with Gasteiger partial charge in [-0.2, -0.15) is 0 Å². The smallest absolute Gasteiger partial charge is 0.290 e. The monoisotopic (exact) mass is 429 g/mol. The van der Waals surface area contributed by atoms with E-state index < -0.39 is 0 Å². The van der Waals surface area contributed by atoms with Gasteiger partial charge in [-0.3, -0.25) is 14.6 Å². The van der Waals surface area contributed by atoms with Gasteiger partial charge in [0.1, 0.15) is 0 Å². The summed E-state index contributed by atoms with van der Waals surface area (Å²) < 4.78 is 0. The van der Waals surface area contributed by atoms with Gasteiger partial charge in [0, 0.05) is 55.1 Å². The Balaban J connectivity index is 0.000000775. The molecule has 0 unspecified atom stereocenters. The molecule has 32 heavy (non-hydrogen) atoms. The largest absolute Gasteiger partial charge is 0.483 e. The van der Waals surface area contributed by atoms with E-state index in [1.54, 1.807) is 0 Å². The van der Waals surface area contributed by atoms with Crippen molar-refractivity contribution in [2.24, 2.45) is 11.8 Å². The molecule has 2 aromatic carbocycles. The van der Waals surface area contributed by atoms with E-state index in [1.165, 1.54) is 16.8 Å². The van der Waals surface area contributed by atoms with Crippen LogP contribution >= 0.6 is 0 Å². The quantitative estimate of drug-likeness (QED) is 0.636. The highest BCUT2D eigenvalue weighted by Gasteiger charge is 2.49. The highest BCUT2D eigenvalue weighted by atomic mass is 16.3. The number of rotatable bonds is 3. The third kappa shape index (κ3) is 4.21. The average molecular weight is 430 g/mol. The number of carbonyl (C=O) groups excluding carboxylic acids is 1. The van der Waals surface area contributed by atoms with E-state index in [0.717, 1.165) is 25.2 Å². The van der Waals surface area contributed by atoms with Gasteiger partial charge in [-0.25, -0.2) is 0 Å². The third-order valence-corrected chi connectivity index (χ3v) is 6.48. The van der Waals surface area contributed by atoms with Crippen LogP contribution in [0.15, 0.2) is 79.1 Å². The fraction of sp³-hybridized carbons (Fsp3) is 0.269. The SMILES string of the molecule is Cc1ccccc1[C@@H]1[C@H]2CN(c3ccncc3)C[C@H]2CN1C(=O)c1ccccc1.O=CO. The zero-order valence-corrected chi connectivity index (χ0v) is 18.0. The second-order valence-corrected chi connectivity index (χ2v) is 8.26. The number of likely N-dealkylation sites (tertiary alicyclic amines) is 1. The van der Waals surface area contributed by atoms with Crippen molar-refractivity contribution in [3.05, 3.63) is 95.8 Å². The summed E-state index contributed by atoms with van der Waals surface area (Å²) in [5, 5.41) is 6.89. The van der Waals surface area contributed by atoms with Crippen molar-refractivity contribution in [3.63, 3.8) is 0 Å². The molecule has 0 bridgehead atoms. The Labute approximate surface area is 188 Å². The van der Waals surface area contributed by atoms with Gasteiger partial charge in [0.05, 0.1) is 6.04 Å². The van der Waals surface area contributed by atoms with E-state index in [4.69, 9.17) is 9.90 Å². The number of aromatic nitrogens is 1. The van der Waals surface area contributed by atoms with E-state index in [2.05, 4.69) is 58.1 Å². The van der Waals surface area contributed by atoms with E-state index in [0.29, 0.717) is 11.8 Å². The molecule has 2 aliphatic rings. The Kier molecular flexibility index (Phi) is 6.50. The number of amides is 1. The van der Waals surface area contributed by atoms with Crippen LogP contribution in [0.3, 0.4) is 0 Å². The van der Waals surface area contributed by atoms with E-state index >= 15 is 0 Å². The lowest BCUT2D eigenvalue weighted by molar-refractivity contribution is -0.122. The Morgan fingerprint density at radius 3 is 2.31 bits per heavy atom. The first-order valence-electron chi connectivity index (χ1n) is 10.8. The number of carbonyl (C=O) groups is 2.